The topological polar surface area (TPSA) is 53.2 Å². The highest BCUT2D eigenvalue weighted by atomic mass is 16.5. The van der Waals surface area contributed by atoms with Crippen molar-refractivity contribution in [1.29, 1.82) is 0 Å². The molecule has 0 radical (unpaired) electrons. The first kappa shape index (κ1) is 9.73. The molecule has 5 heteroatoms. The molecule has 0 N–H and O–H groups in total. The molecule has 1 aromatic rings. The fourth-order valence-corrected chi connectivity index (χ4v) is 1.05. The molecular formula is C8H12N2O3. The van der Waals surface area contributed by atoms with Crippen molar-refractivity contribution in [2.75, 3.05) is 7.11 Å². The van der Waals surface area contributed by atoms with E-state index >= 15 is 0 Å². The van der Waals surface area contributed by atoms with Gasteiger partial charge in [0.25, 0.3) is 5.56 Å². The highest BCUT2D eigenvalue weighted by Gasteiger charge is 2.01. The lowest BCUT2D eigenvalue weighted by atomic mass is 10.6. The van der Waals surface area contributed by atoms with Crippen LogP contribution in [0.5, 0.6) is 0 Å². The summed E-state index contributed by atoms with van der Waals surface area (Å²) in [5.41, 5.74) is -0.673. The smallest absolute Gasteiger partial charge is 0.332 e. The Morgan fingerprint density at radius 3 is 2.69 bits per heavy atom. The van der Waals surface area contributed by atoms with Crippen molar-refractivity contribution in [2.45, 2.75) is 20.2 Å². The molecule has 0 saturated carbocycles. The lowest BCUT2D eigenvalue weighted by Gasteiger charge is -2.05. The number of aromatic nitrogens is 2. The van der Waals surface area contributed by atoms with Crippen molar-refractivity contribution in [3.63, 3.8) is 0 Å². The molecule has 1 rings (SSSR count). The maximum atomic E-state index is 11.5. The van der Waals surface area contributed by atoms with Crippen molar-refractivity contribution >= 4 is 0 Å². The number of aryl methyl sites for hydroxylation is 1. The summed E-state index contributed by atoms with van der Waals surface area (Å²) in [6.07, 6.45) is 1.48. The van der Waals surface area contributed by atoms with Crippen molar-refractivity contribution in [1.82, 2.24) is 9.13 Å². The summed E-state index contributed by atoms with van der Waals surface area (Å²) in [4.78, 5) is 22.6. The molecule has 72 valence electrons. The van der Waals surface area contributed by atoms with Gasteiger partial charge in [0.1, 0.15) is 6.73 Å². The molecular weight excluding hydrogens is 172 g/mol. The van der Waals surface area contributed by atoms with E-state index < -0.39 is 0 Å². The second-order valence-electron chi connectivity index (χ2n) is 2.57. The zero-order chi connectivity index (χ0) is 9.84. The molecule has 0 aliphatic carbocycles. The molecule has 1 heterocycles. The Kier molecular flexibility index (Phi) is 3.02. The van der Waals surface area contributed by atoms with Gasteiger partial charge in [-0.2, -0.15) is 0 Å². The van der Waals surface area contributed by atoms with Crippen LogP contribution in [-0.2, 0) is 18.0 Å². The Bertz CT molecular complexity index is 391. The molecule has 0 aliphatic rings. The van der Waals surface area contributed by atoms with E-state index in [0.29, 0.717) is 6.54 Å². The van der Waals surface area contributed by atoms with Gasteiger partial charge in [-0.1, -0.05) is 0 Å². The normalized spacial score (nSPS) is 10.3. The van der Waals surface area contributed by atoms with E-state index in [1.165, 1.54) is 23.9 Å². The van der Waals surface area contributed by atoms with Gasteiger partial charge in [0.15, 0.2) is 0 Å². The lowest BCUT2D eigenvalue weighted by Crippen LogP contribution is -2.39. The van der Waals surface area contributed by atoms with Crippen LogP contribution in [0.1, 0.15) is 6.92 Å². The van der Waals surface area contributed by atoms with Crippen LogP contribution in [0.2, 0.25) is 0 Å². The van der Waals surface area contributed by atoms with Gasteiger partial charge in [-0.25, -0.2) is 9.36 Å². The van der Waals surface area contributed by atoms with Crippen LogP contribution in [-0.4, -0.2) is 16.2 Å². The third-order valence-corrected chi connectivity index (χ3v) is 1.74. The first-order valence-electron chi connectivity index (χ1n) is 4.00. The lowest BCUT2D eigenvalue weighted by molar-refractivity contribution is 0.122. The second kappa shape index (κ2) is 4.04. The first-order chi connectivity index (χ1) is 6.20. The zero-order valence-electron chi connectivity index (χ0n) is 7.69. The molecule has 0 atom stereocenters. The summed E-state index contributed by atoms with van der Waals surface area (Å²) < 4.78 is 7.23. The van der Waals surface area contributed by atoms with E-state index in [1.54, 1.807) is 0 Å². The molecule has 13 heavy (non-hydrogen) atoms. The molecule has 0 amide bonds. The van der Waals surface area contributed by atoms with E-state index in [2.05, 4.69) is 0 Å². The van der Waals surface area contributed by atoms with Crippen LogP contribution in [0.25, 0.3) is 0 Å². The van der Waals surface area contributed by atoms with E-state index in [-0.39, 0.29) is 18.0 Å². The third kappa shape index (κ3) is 1.86. The van der Waals surface area contributed by atoms with Crippen molar-refractivity contribution in [2.24, 2.45) is 0 Å². The number of methoxy groups -OCH3 is 1. The number of nitrogens with zero attached hydrogens (tertiary/aromatic N) is 2. The van der Waals surface area contributed by atoms with Gasteiger partial charge in [-0.3, -0.25) is 4.79 Å². The van der Waals surface area contributed by atoms with Gasteiger partial charge in [-0.15, -0.1) is 0 Å². The molecule has 5 nitrogen and oxygen atoms in total. The van der Waals surface area contributed by atoms with E-state index in [0.717, 1.165) is 4.57 Å². The van der Waals surface area contributed by atoms with Gasteiger partial charge in [-0.05, 0) is 6.92 Å². The average Bonchev–Trinajstić information content (AvgIpc) is 2.12. The summed E-state index contributed by atoms with van der Waals surface area (Å²) in [5.74, 6) is 0. The summed E-state index contributed by atoms with van der Waals surface area (Å²) in [6.45, 7) is 2.38. The molecule has 0 fully saturated rings. The minimum atomic E-state index is -0.337. The van der Waals surface area contributed by atoms with E-state index in [9.17, 15) is 9.59 Å². The Morgan fingerprint density at radius 1 is 1.46 bits per heavy atom. The largest absolute Gasteiger partial charge is 0.364 e. The fourth-order valence-electron chi connectivity index (χ4n) is 1.05. The minimum Gasteiger partial charge on any atom is -0.364 e. The molecule has 1 aromatic heterocycles. The van der Waals surface area contributed by atoms with Crippen LogP contribution in [0.15, 0.2) is 21.9 Å². The summed E-state index contributed by atoms with van der Waals surface area (Å²) in [5, 5.41) is 0. The van der Waals surface area contributed by atoms with Crippen LogP contribution in [0.4, 0.5) is 0 Å². The Hall–Kier alpha value is -1.36. The monoisotopic (exact) mass is 184 g/mol. The predicted molar refractivity (Wildman–Crippen MR) is 47.6 cm³/mol. The highest BCUT2D eigenvalue weighted by molar-refractivity contribution is 4.85. The van der Waals surface area contributed by atoms with Gasteiger partial charge >= 0.3 is 5.69 Å². The van der Waals surface area contributed by atoms with Gasteiger partial charge in [0.2, 0.25) is 0 Å². The molecule has 0 bridgehead atoms. The molecule has 0 spiro atoms. The number of hydrogen-bond acceptors (Lipinski definition) is 3. The summed E-state index contributed by atoms with van der Waals surface area (Å²) in [6, 6.07) is 1.35. The Morgan fingerprint density at radius 2 is 2.15 bits per heavy atom. The fraction of sp³-hybridized carbons (Fsp3) is 0.500. The van der Waals surface area contributed by atoms with E-state index in [1.807, 2.05) is 6.92 Å². The van der Waals surface area contributed by atoms with Crippen molar-refractivity contribution in [3.05, 3.63) is 33.1 Å². The Balaban J connectivity index is 3.31. The SMILES string of the molecule is CCn1ccc(=O)n(COC)c1=O. The minimum absolute atomic E-state index is 0.00148. The Labute approximate surface area is 75.2 Å². The van der Waals surface area contributed by atoms with E-state index in [4.69, 9.17) is 4.74 Å². The molecule has 0 aliphatic heterocycles. The van der Waals surface area contributed by atoms with Gasteiger partial charge < -0.3 is 9.30 Å². The highest BCUT2D eigenvalue weighted by Crippen LogP contribution is 1.78. The zero-order valence-corrected chi connectivity index (χ0v) is 7.69. The average molecular weight is 184 g/mol. The molecule has 0 saturated heterocycles. The van der Waals surface area contributed by atoms with Gasteiger partial charge in [0, 0.05) is 25.9 Å². The van der Waals surface area contributed by atoms with Crippen LogP contribution < -0.4 is 11.2 Å². The third-order valence-electron chi connectivity index (χ3n) is 1.74. The second-order valence-corrected chi connectivity index (χ2v) is 2.57. The van der Waals surface area contributed by atoms with Crippen LogP contribution in [0, 0.1) is 0 Å². The van der Waals surface area contributed by atoms with Crippen molar-refractivity contribution in [3.8, 4) is 0 Å². The summed E-state index contributed by atoms with van der Waals surface area (Å²) in [7, 11) is 1.44. The first-order valence-corrected chi connectivity index (χ1v) is 4.00. The van der Waals surface area contributed by atoms with Crippen LogP contribution in [0.3, 0.4) is 0 Å². The van der Waals surface area contributed by atoms with Gasteiger partial charge in [0.05, 0.1) is 0 Å². The number of hydrogen-bond donors (Lipinski definition) is 0. The quantitative estimate of drug-likeness (QED) is 0.644. The molecule has 0 unspecified atom stereocenters. The standard InChI is InChI=1S/C8H12N2O3/c1-3-9-5-4-7(11)10(6-13-2)8(9)12/h4-5H,3,6H2,1-2H3. The predicted octanol–water partition coefficient (Wildman–Crippen LogP) is -0.366. The number of ether oxygens (including phenoxy) is 1. The van der Waals surface area contributed by atoms with Crippen LogP contribution >= 0.6 is 0 Å². The molecule has 0 aromatic carbocycles. The van der Waals surface area contributed by atoms with Crippen molar-refractivity contribution < 1.29 is 4.74 Å². The number of rotatable bonds is 3. The maximum absolute atomic E-state index is 11.5. The summed E-state index contributed by atoms with van der Waals surface area (Å²) >= 11 is 0. The maximum Gasteiger partial charge on any atom is 0.332 e.